The SMILES string of the molecule is Cc1cc(CN2CCC(C)(C)C2)ccc1N. The van der Waals surface area contributed by atoms with Crippen LogP contribution in [0, 0.1) is 12.3 Å². The number of rotatable bonds is 2. The lowest BCUT2D eigenvalue weighted by Crippen LogP contribution is -2.22. The molecular weight excluding hydrogens is 196 g/mol. The van der Waals surface area contributed by atoms with Gasteiger partial charge in [-0.05, 0) is 42.5 Å². The number of likely N-dealkylation sites (tertiary alicyclic amines) is 1. The maximum atomic E-state index is 5.83. The molecule has 0 atom stereocenters. The first-order valence-corrected chi connectivity index (χ1v) is 6.04. The summed E-state index contributed by atoms with van der Waals surface area (Å²) in [6.07, 6.45) is 1.31. The molecule has 0 saturated carbocycles. The average molecular weight is 218 g/mol. The third-order valence-electron chi connectivity index (χ3n) is 3.50. The third kappa shape index (κ3) is 2.56. The fourth-order valence-electron chi connectivity index (χ4n) is 2.45. The molecule has 88 valence electrons. The minimum Gasteiger partial charge on any atom is -0.399 e. The van der Waals surface area contributed by atoms with E-state index in [4.69, 9.17) is 5.73 Å². The highest BCUT2D eigenvalue weighted by Gasteiger charge is 2.28. The molecule has 16 heavy (non-hydrogen) atoms. The molecule has 2 N–H and O–H groups in total. The van der Waals surface area contributed by atoms with E-state index in [2.05, 4.69) is 37.8 Å². The van der Waals surface area contributed by atoms with Gasteiger partial charge in [0, 0.05) is 18.8 Å². The largest absolute Gasteiger partial charge is 0.399 e. The number of hydrogen-bond donors (Lipinski definition) is 1. The highest BCUT2D eigenvalue weighted by Crippen LogP contribution is 2.29. The van der Waals surface area contributed by atoms with Crippen LogP contribution in [0.2, 0.25) is 0 Å². The fourth-order valence-corrected chi connectivity index (χ4v) is 2.45. The molecule has 0 spiro atoms. The van der Waals surface area contributed by atoms with Crippen molar-refractivity contribution in [3.05, 3.63) is 29.3 Å². The minimum absolute atomic E-state index is 0.489. The Kier molecular flexibility index (Phi) is 2.94. The maximum Gasteiger partial charge on any atom is 0.0343 e. The first-order valence-electron chi connectivity index (χ1n) is 6.04. The van der Waals surface area contributed by atoms with Crippen LogP contribution in [0.5, 0.6) is 0 Å². The topological polar surface area (TPSA) is 29.3 Å². The van der Waals surface area contributed by atoms with Crippen molar-refractivity contribution < 1.29 is 0 Å². The predicted octanol–water partition coefficient (Wildman–Crippen LogP) is 2.81. The van der Waals surface area contributed by atoms with Gasteiger partial charge in [-0.3, -0.25) is 4.90 Å². The van der Waals surface area contributed by atoms with Crippen LogP contribution in [-0.2, 0) is 6.54 Å². The fraction of sp³-hybridized carbons (Fsp3) is 0.571. The Morgan fingerprint density at radius 2 is 2.12 bits per heavy atom. The zero-order valence-electron chi connectivity index (χ0n) is 10.6. The van der Waals surface area contributed by atoms with E-state index in [0.717, 1.165) is 12.2 Å². The first-order chi connectivity index (χ1) is 7.46. The third-order valence-corrected chi connectivity index (χ3v) is 3.50. The summed E-state index contributed by atoms with van der Waals surface area (Å²) in [6, 6.07) is 6.38. The molecule has 0 amide bonds. The Balaban J connectivity index is 2.02. The van der Waals surface area contributed by atoms with Gasteiger partial charge in [0.05, 0.1) is 0 Å². The number of anilines is 1. The number of benzene rings is 1. The van der Waals surface area contributed by atoms with E-state index >= 15 is 0 Å². The lowest BCUT2D eigenvalue weighted by Gasteiger charge is -2.20. The van der Waals surface area contributed by atoms with Gasteiger partial charge >= 0.3 is 0 Å². The maximum absolute atomic E-state index is 5.83. The predicted molar refractivity (Wildman–Crippen MR) is 69.3 cm³/mol. The number of hydrogen-bond acceptors (Lipinski definition) is 2. The number of nitrogens with two attached hydrogens (primary N) is 1. The van der Waals surface area contributed by atoms with Gasteiger partial charge in [-0.2, -0.15) is 0 Å². The molecular formula is C14H22N2. The van der Waals surface area contributed by atoms with Crippen LogP contribution in [0.15, 0.2) is 18.2 Å². The van der Waals surface area contributed by atoms with Crippen molar-refractivity contribution in [3.8, 4) is 0 Å². The van der Waals surface area contributed by atoms with Crippen molar-refractivity contribution in [3.63, 3.8) is 0 Å². The van der Waals surface area contributed by atoms with Crippen molar-refractivity contribution in [2.24, 2.45) is 5.41 Å². The second-order valence-corrected chi connectivity index (χ2v) is 5.82. The van der Waals surface area contributed by atoms with Gasteiger partial charge in [0.2, 0.25) is 0 Å². The summed E-state index contributed by atoms with van der Waals surface area (Å²) in [4.78, 5) is 2.53. The first kappa shape index (κ1) is 11.5. The summed E-state index contributed by atoms with van der Waals surface area (Å²) in [5.41, 5.74) is 9.78. The quantitative estimate of drug-likeness (QED) is 0.773. The average Bonchev–Trinajstić information content (AvgIpc) is 2.52. The zero-order valence-corrected chi connectivity index (χ0v) is 10.6. The lowest BCUT2D eigenvalue weighted by atomic mass is 9.93. The number of nitrogen functional groups attached to an aromatic ring is 1. The Bertz CT molecular complexity index is 382. The Morgan fingerprint density at radius 1 is 1.38 bits per heavy atom. The van der Waals surface area contributed by atoms with Crippen molar-refractivity contribution in [1.82, 2.24) is 4.90 Å². The van der Waals surface area contributed by atoms with Gasteiger partial charge < -0.3 is 5.73 Å². The molecule has 0 unspecified atom stereocenters. The summed E-state index contributed by atoms with van der Waals surface area (Å²) >= 11 is 0. The molecule has 1 aromatic rings. The van der Waals surface area contributed by atoms with Crippen LogP contribution in [0.4, 0.5) is 5.69 Å². The molecule has 0 aromatic heterocycles. The molecule has 1 heterocycles. The molecule has 0 radical (unpaired) electrons. The zero-order chi connectivity index (χ0) is 11.8. The molecule has 0 aliphatic carbocycles. The smallest absolute Gasteiger partial charge is 0.0343 e. The normalized spacial score (nSPS) is 20.2. The van der Waals surface area contributed by atoms with E-state index in [9.17, 15) is 0 Å². The summed E-state index contributed by atoms with van der Waals surface area (Å²) < 4.78 is 0. The van der Waals surface area contributed by atoms with Crippen LogP contribution in [0.25, 0.3) is 0 Å². The van der Waals surface area contributed by atoms with Crippen molar-refractivity contribution in [1.29, 1.82) is 0 Å². The van der Waals surface area contributed by atoms with Gasteiger partial charge in [0.15, 0.2) is 0 Å². The van der Waals surface area contributed by atoms with Crippen molar-refractivity contribution in [2.45, 2.75) is 33.7 Å². The van der Waals surface area contributed by atoms with E-state index in [0.29, 0.717) is 5.41 Å². The van der Waals surface area contributed by atoms with Gasteiger partial charge in [-0.25, -0.2) is 0 Å². The van der Waals surface area contributed by atoms with Crippen LogP contribution >= 0.6 is 0 Å². The lowest BCUT2D eigenvalue weighted by molar-refractivity contribution is 0.284. The van der Waals surface area contributed by atoms with E-state index in [1.807, 2.05) is 6.07 Å². The Hall–Kier alpha value is -1.02. The summed E-state index contributed by atoms with van der Waals surface area (Å²) in [5.74, 6) is 0. The van der Waals surface area contributed by atoms with Crippen LogP contribution < -0.4 is 5.73 Å². The Morgan fingerprint density at radius 3 is 2.69 bits per heavy atom. The van der Waals surface area contributed by atoms with E-state index < -0.39 is 0 Å². The van der Waals surface area contributed by atoms with E-state index in [-0.39, 0.29) is 0 Å². The molecule has 0 bridgehead atoms. The molecule has 2 rings (SSSR count). The minimum atomic E-state index is 0.489. The molecule has 2 nitrogen and oxygen atoms in total. The molecule has 1 saturated heterocycles. The molecule has 2 heteroatoms. The molecule has 1 aromatic carbocycles. The number of nitrogens with zero attached hydrogens (tertiary/aromatic N) is 1. The van der Waals surface area contributed by atoms with Crippen LogP contribution in [0.1, 0.15) is 31.4 Å². The molecule has 1 aliphatic heterocycles. The van der Waals surface area contributed by atoms with Crippen LogP contribution in [-0.4, -0.2) is 18.0 Å². The second-order valence-electron chi connectivity index (χ2n) is 5.82. The summed E-state index contributed by atoms with van der Waals surface area (Å²) in [7, 11) is 0. The highest BCUT2D eigenvalue weighted by molar-refractivity contribution is 5.47. The number of aryl methyl sites for hydroxylation is 1. The molecule has 1 fully saturated rings. The van der Waals surface area contributed by atoms with Crippen molar-refractivity contribution >= 4 is 5.69 Å². The summed E-state index contributed by atoms with van der Waals surface area (Å²) in [5, 5.41) is 0. The van der Waals surface area contributed by atoms with Crippen LogP contribution in [0.3, 0.4) is 0 Å². The van der Waals surface area contributed by atoms with Gasteiger partial charge in [-0.1, -0.05) is 26.0 Å². The van der Waals surface area contributed by atoms with Gasteiger partial charge in [0.25, 0.3) is 0 Å². The monoisotopic (exact) mass is 218 g/mol. The molecule has 1 aliphatic rings. The standard InChI is InChI=1S/C14H22N2/c1-11-8-12(4-5-13(11)15)9-16-7-6-14(2,3)10-16/h4-5,8H,6-7,9-10,15H2,1-3H3. The Labute approximate surface area is 98.4 Å². The van der Waals surface area contributed by atoms with E-state index in [1.165, 1.54) is 30.6 Å². The second kappa shape index (κ2) is 4.10. The highest BCUT2D eigenvalue weighted by atomic mass is 15.1. The van der Waals surface area contributed by atoms with Gasteiger partial charge in [-0.15, -0.1) is 0 Å². The van der Waals surface area contributed by atoms with Gasteiger partial charge in [0.1, 0.15) is 0 Å². The summed E-state index contributed by atoms with van der Waals surface area (Å²) in [6.45, 7) is 10.3. The van der Waals surface area contributed by atoms with E-state index in [1.54, 1.807) is 0 Å². The van der Waals surface area contributed by atoms with Crippen molar-refractivity contribution in [2.75, 3.05) is 18.8 Å².